The lowest BCUT2D eigenvalue weighted by Crippen LogP contribution is -2.46. The first-order valence-electron chi connectivity index (χ1n) is 11.2. The zero-order chi connectivity index (χ0) is 23.4. The van der Waals surface area contributed by atoms with Crippen molar-refractivity contribution in [3.8, 4) is 11.5 Å². The summed E-state index contributed by atoms with van der Waals surface area (Å²) in [6.45, 7) is 4.88. The highest BCUT2D eigenvalue weighted by Gasteiger charge is 2.44. The summed E-state index contributed by atoms with van der Waals surface area (Å²) in [5.74, 6) is 0.189. The average Bonchev–Trinajstić information content (AvgIpc) is 3.38. The number of nitrogens with one attached hydrogen (secondary N) is 1. The third-order valence-corrected chi connectivity index (χ3v) is 7.29. The Morgan fingerprint density at radius 2 is 1.94 bits per heavy atom. The molecule has 1 aromatic heterocycles. The Morgan fingerprint density at radius 1 is 1.21 bits per heavy atom. The topological polar surface area (TPSA) is 80.3 Å². The van der Waals surface area contributed by atoms with Crippen molar-refractivity contribution in [2.24, 2.45) is 0 Å². The molecule has 0 aliphatic carbocycles. The van der Waals surface area contributed by atoms with E-state index in [2.05, 4.69) is 10.2 Å². The first-order valence-corrected chi connectivity index (χ1v) is 12.1. The van der Waals surface area contributed by atoms with Crippen LogP contribution in [0, 0.1) is 0 Å². The van der Waals surface area contributed by atoms with Crippen LogP contribution in [0.1, 0.15) is 39.2 Å². The van der Waals surface area contributed by atoms with Gasteiger partial charge in [0.05, 0.1) is 39.4 Å². The van der Waals surface area contributed by atoms with Gasteiger partial charge in [-0.25, -0.2) is 0 Å². The minimum Gasteiger partial charge on any atom is -0.493 e. The molecule has 1 fully saturated rings. The van der Waals surface area contributed by atoms with Crippen LogP contribution >= 0.6 is 11.3 Å². The highest BCUT2D eigenvalue weighted by atomic mass is 32.1. The van der Waals surface area contributed by atoms with E-state index in [9.17, 15) is 9.59 Å². The molecular formula is C24H31N3O5S. The van der Waals surface area contributed by atoms with Crippen LogP contribution in [-0.4, -0.2) is 82.3 Å². The van der Waals surface area contributed by atoms with Crippen molar-refractivity contribution in [3.63, 3.8) is 0 Å². The number of hydrogen-bond acceptors (Lipinski definition) is 7. The van der Waals surface area contributed by atoms with E-state index in [1.54, 1.807) is 42.5 Å². The standard InChI is InChI=1S/C24H31N3O5S/c1-26-22(20-6-4-13-33-20)21(23(28)25-7-5-8-27-9-11-32-12-10-27)16-14-18(30-2)19(31-3)15-17(16)24(26)29/h4,6,13-15,21-22H,5,7-12H2,1-3H3,(H,25,28)/t21-,22-/m1/s1. The van der Waals surface area contributed by atoms with Gasteiger partial charge >= 0.3 is 0 Å². The quantitative estimate of drug-likeness (QED) is 0.594. The van der Waals surface area contributed by atoms with Gasteiger partial charge in [0.25, 0.3) is 5.91 Å². The number of amides is 2. The first-order chi connectivity index (χ1) is 16.0. The number of hydrogen-bond donors (Lipinski definition) is 1. The van der Waals surface area contributed by atoms with Crippen LogP contribution in [0.4, 0.5) is 0 Å². The van der Waals surface area contributed by atoms with Crippen LogP contribution in [-0.2, 0) is 9.53 Å². The van der Waals surface area contributed by atoms with Gasteiger partial charge in [-0.05, 0) is 42.1 Å². The van der Waals surface area contributed by atoms with Crippen molar-refractivity contribution >= 4 is 23.2 Å². The number of morpholine rings is 1. The number of carbonyl (C=O) groups is 2. The summed E-state index contributed by atoms with van der Waals surface area (Å²) < 4.78 is 16.3. The van der Waals surface area contributed by atoms with E-state index in [1.165, 1.54) is 7.11 Å². The number of thiophene rings is 1. The van der Waals surface area contributed by atoms with E-state index in [4.69, 9.17) is 14.2 Å². The summed E-state index contributed by atoms with van der Waals surface area (Å²) in [5, 5.41) is 5.09. The number of carbonyl (C=O) groups excluding carboxylic acids is 2. The second-order valence-corrected chi connectivity index (χ2v) is 9.23. The van der Waals surface area contributed by atoms with Gasteiger partial charge in [0.2, 0.25) is 5.91 Å². The van der Waals surface area contributed by atoms with Crippen LogP contribution in [0.5, 0.6) is 11.5 Å². The maximum absolute atomic E-state index is 13.6. The summed E-state index contributed by atoms with van der Waals surface area (Å²) in [5.41, 5.74) is 1.14. The van der Waals surface area contributed by atoms with Gasteiger partial charge < -0.3 is 24.4 Å². The molecular weight excluding hydrogens is 442 g/mol. The normalized spacial score (nSPS) is 20.9. The number of ether oxygens (including phenoxy) is 3. The zero-order valence-electron chi connectivity index (χ0n) is 19.3. The second kappa shape index (κ2) is 10.5. The summed E-state index contributed by atoms with van der Waals surface area (Å²) in [6.07, 6.45) is 0.857. The van der Waals surface area contributed by atoms with Crippen molar-refractivity contribution in [2.45, 2.75) is 18.4 Å². The highest BCUT2D eigenvalue weighted by molar-refractivity contribution is 7.10. The van der Waals surface area contributed by atoms with E-state index in [1.807, 2.05) is 17.5 Å². The fourth-order valence-corrected chi connectivity index (χ4v) is 5.50. The molecule has 1 aromatic carbocycles. The molecule has 33 heavy (non-hydrogen) atoms. The Bertz CT molecular complexity index is 975. The first kappa shape index (κ1) is 23.5. The van der Waals surface area contributed by atoms with Gasteiger partial charge in [-0.1, -0.05) is 6.07 Å². The summed E-state index contributed by atoms with van der Waals surface area (Å²) >= 11 is 1.55. The largest absolute Gasteiger partial charge is 0.493 e. The van der Waals surface area contributed by atoms with Gasteiger partial charge in [-0.2, -0.15) is 0 Å². The van der Waals surface area contributed by atoms with E-state index in [0.29, 0.717) is 29.2 Å². The molecule has 0 bridgehead atoms. The van der Waals surface area contributed by atoms with Crippen molar-refractivity contribution in [3.05, 3.63) is 45.6 Å². The molecule has 2 amide bonds. The lowest BCUT2D eigenvalue weighted by Gasteiger charge is -2.39. The lowest BCUT2D eigenvalue weighted by molar-refractivity contribution is -0.124. The Morgan fingerprint density at radius 3 is 2.61 bits per heavy atom. The predicted molar refractivity (Wildman–Crippen MR) is 126 cm³/mol. The molecule has 178 valence electrons. The number of likely N-dealkylation sites (N-methyl/N-ethyl adjacent to an activating group) is 1. The van der Waals surface area contributed by atoms with Gasteiger partial charge in [-0.15, -0.1) is 11.3 Å². The number of rotatable bonds is 8. The van der Waals surface area contributed by atoms with Crippen molar-refractivity contribution in [1.82, 2.24) is 15.1 Å². The van der Waals surface area contributed by atoms with E-state index in [-0.39, 0.29) is 17.9 Å². The molecule has 0 radical (unpaired) electrons. The van der Waals surface area contributed by atoms with Crippen LogP contribution in [0.15, 0.2) is 29.6 Å². The molecule has 0 spiro atoms. The van der Waals surface area contributed by atoms with Crippen LogP contribution in [0.3, 0.4) is 0 Å². The molecule has 2 atom stereocenters. The third-order valence-electron chi connectivity index (χ3n) is 6.35. The monoisotopic (exact) mass is 473 g/mol. The Labute approximate surface area is 198 Å². The smallest absolute Gasteiger partial charge is 0.254 e. The fourth-order valence-electron chi connectivity index (χ4n) is 4.60. The summed E-state index contributed by atoms with van der Waals surface area (Å²) in [6, 6.07) is 6.99. The maximum Gasteiger partial charge on any atom is 0.254 e. The molecule has 9 heteroatoms. The van der Waals surface area contributed by atoms with Crippen molar-refractivity contribution in [2.75, 3.05) is 60.7 Å². The predicted octanol–water partition coefficient (Wildman–Crippen LogP) is 2.51. The van der Waals surface area contributed by atoms with Gasteiger partial charge in [0.1, 0.15) is 0 Å². The Kier molecular flexibility index (Phi) is 7.52. The van der Waals surface area contributed by atoms with Crippen LogP contribution in [0.25, 0.3) is 0 Å². The van der Waals surface area contributed by atoms with E-state index < -0.39 is 5.92 Å². The number of benzene rings is 1. The molecule has 1 saturated heterocycles. The molecule has 2 aliphatic rings. The van der Waals surface area contributed by atoms with Gasteiger partial charge in [0, 0.05) is 37.1 Å². The molecule has 1 N–H and O–H groups in total. The van der Waals surface area contributed by atoms with Crippen molar-refractivity contribution < 1.29 is 23.8 Å². The molecule has 2 aliphatic heterocycles. The zero-order valence-corrected chi connectivity index (χ0v) is 20.2. The van der Waals surface area contributed by atoms with Gasteiger partial charge in [-0.3, -0.25) is 14.5 Å². The minimum absolute atomic E-state index is 0.0943. The van der Waals surface area contributed by atoms with E-state index in [0.717, 1.165) is 44.1 Å². The summed E-state index contributed by atoms with van der Waals surface area (Å²) in [4.78, 5) is 31.8. The van der Waals surface area contributed by atoms with E-state index >= 15 is 0 Å². The second-order valence-electron chi connectivity index (χ2n) is 8.25. The van der Waals surface area contributed by atoms with Gasteiger partial charge in [0.15, 0.2) is 11.5 Å². The minimum atomic E-state index is -0.551. The number of methoxy groups -OCH3 is 2. The molecule has 4 rings (SSSR count). The van der Waals surface area contributed by atoms with Crippen LogP contribution < -0.4 is 14.8 Å². The SMILES string of the molecule is COc1cc2c(cc1OC)[C@@H](C(=O)NCCCN1CCOCC1)[C@@H](c1cccs1)N(C)C2=O. The summed E-state index contributed by atoms with van der Waals surface area (Å²) in [7, 11) is 4.85. The average molecular weight is 474 g/mol. The van der Waals surface area contributed by atoms with Crippen molar-refractivity contribution in [1.29, 1.82) is 0 Å². The molecule has 3 heterocycles. The molecule has 0 saturated carbocycles. The Hall–Kier alpha value is -2.62. The maximum atomic E-state index is 13.6. The fraction of sp³-hybridized carbons (Fsp3) is 0.500. The van der Waals surface area contributed by atoms with Crippen LogP contribution in [0.2, 0.25) is 0 Å². The third kappa shape index (κ3) is 4.85. The highest BCUT2D eigenvalue weighted by Crippen LogP contribution is 2.46. The molecule has 8 nitrogen and oxygen atoms in total. The lowest BCUT2D eigenvalue weighted by atomic mass is 9.81. The Balaban J connectivity index is 1.60. The number of nitrogens with zero attached hydrogens (tertiary/aromatic N) is 2. The molecule has 0 unspecified atom stereocenters. The number of fused-ring (bicyclic) bond motifs is 1. The molecule has 2 aromatic rings.